The lowest BCUT2D eigenvalue weighted by Gasteiger charge is -2.06. The van der Waals surface area contributed by atoms with Gasteiger partial charge in [-0.2, -0.15) is 10.2 Å². The maximum absolute atomic E-state index is 9.37. The summed E-state index contributed by atoms with van der Waals surface area (Å²) in [5.41, 5.74) is 3.22. The number of nitriles is 1. The first-order valence-electron chi connectivity index (χ1n) is 9.28. The molecule has 1 heterocycles. The van der Waals surface area contributed by atoms with Crippen LogP contribution in [0.1, 0.15) is 16.8 Å². The van der Waals surface area contributed by atoms with E-state index in [1.165, 1.54) is 0 Å². The first kappa shape index (κ1) is 18.3. The van der Waals surface area contributed by atoms with Gasteiger partial charge in [0.05, 0.1) is 0 Å². The van der Waals surface area contributed by atoms with Crippen LogP contribution in [0.25, 0.3) is 11.5 Å². The summed E-state index contributed by atoms with van der Waals surface area (Å²) in [5, 5.41) is 12.5. The van der Waals surface area contributed by atoms with Gasteiger partial charge in [0.25, 0.3) is 0 Å². The zero-order valence-corrected chi connectivity index (χ0v) is 15.7. The van der Waals surface area contributed by atoms with Gasteiger partial charge in [-0.3, -0.25) is 0 Å². The van der Waals surface area contributed by atoms with Crippen LogP contribution in [-0.4, -0.2) is 4.98 Å². The second kappa shape index (κ2) is 8.77. The first-order chi connectivity index (χ1) is 14.3. The van der Waals surface area contributed by atoms with Gasteiger partial charge in [0.2, 0.25) is 17.5 Å². The zero-order chi connectivity index (χ0) is 19.9. The Balaban J connectivity index is 1.44. The molecule has 4 rings (SSSR count). The van der Waals surface area contributed by atoms with E-state index in [4.69, 9.17) is 9.15 Å². The number of benzene rings is 3. The minimum Gasteiger partial charge on any atom is -0.489 e. The second-order valence-electron chi connectivity index (χ2n) is 6.45. The minimum atomic E-state index is 0.236. The minimum absolute atomic E-state index is 0.236. The molecule has 0 atom stereocenters. The van der Waals surface area contributed by atoms with Gasteiger partial charge in [0.1, 0.15) is 18.4 Å². The second-order valence-corrected chi connectivity index (χ2v) is 6.45. The number of anilines is 1. The standard InChI is InChI=1S/C24H19N3O2/c25-15-22-24(26-16-18-7-3-1-4-8-18)29-23(27-22)20-11-13-21(14-12-20)28-17-19-9-5-2-6-10-19/h1-14,26H,16-17H2. The number of ether oxygens (including phenoxy) is 1. The van der Waals surface area contributed by atoms with E-state index >= 15 is 0 Å². The average molecular weight is 381 g/mol. The number of aromatic nitrogens is 1. The number of oxazole rings is 1. The third-order valence-corrected chi connectivity index (χ3v) is 4.38. The molecule has 1 aromatic heterocycles. The van der Waals surface area contributed by atoms with Crippen LogP contribution >= 0.6 is 0 Å². The Bertz CT molecular complexity index is 1100. The van der Waals surface area contributed by atoms with Crippen LogP contribution in [-0.2, 0) is 13.2 Å². The quantitative estimate of drug-likeness (QED) is 0.464. The lowest BCUT2D eigenvalue weighted by molar-refractivity contribution is 0.306. The predicted molar refractivity (Wildman–Crippen MR) is 111 cm³/mol. The third-order valence-electron chi connectivity index (χ3n) is 4.38. The van der Waals surface area contributed by atoms with E-state index in [1.54, 1.807) is 0 Å². The van der Waals surface area contributed by atoms with Gasteiger partial charge >= 0.3 is 0 Å². The van der Waals surface area contributed by atoms with Gasteiger partial charge in [-0.1, -0.05) is 60.7 Å². The fourth-order valence-electron chi connectivity index (χ4n) is 2.85. The number of nitrogens with one attached hydrogen (secondary N) is 1. The van der Waals surface area contributed by atoms with Crippen LogP contribution in [0.4, 0.5) is 5.88 Å². The predicted octanol–water partition coefficient (Wildman–Crippen LogP) is 5.40. The highest BCUT2D eigenvalue weighted by Crippen LogP contribution is 2.27. The normalized spacial score (nSPS) is 10.3. The van der Waals surface area contributed by atoms with Crippen LogP contribution in [0.3, 0.4) is 0 Å². The van der Waals surface area contributed by atoms with Crippen LogP contribution in [0.5, 0.6) is 5.75 Å². The Morgan fingerprint density at radius 1 is 0.862 bits per heavy atom. The molecule has 0 spiro atoms. The van der Waals surface area contributed by atoms with Crippen molar-refractivity contribution in [1.29, 1.82) is 5.26 Å². The Morgan fingerprint density at radius 2 is 1.52 bits per heavy atom. The molecule has 29 heavy (non-hydrogen) atoms. The van der Waals surface area contributed by atoms with Crippen molar-refractivity contribution in [3.8, 4) is 23.3 Å². The van der Waals surface area contributed by atoms with Crippen molar-refractivity contribution < 1.29 is 9.15 Å². The number of hydrogen-bond acceptors (Lipinski definition) is 5. The van der Waals surface area contributed by atoms with Crippen molar-refractivity contribution in [2.45, 2.75) is 13.2 Å². The zero-order valence-electron chi connectivity index (χ0n) is 15.7. The van der Waals surface area contributed by atoms with Crippen molar-refractivity contribution in [3.05, 3.63) is 102 Å². The number of hydrogen-bond donors (Lipinski definition) is 1. The molecule has 142 valence electrons. The Hall–Kier alpha value is -4.04. The van der Waals surface area contributed by atoms with Gasteiger partial charge in [-0.25, -0.2) is 0 Å². The average Bonchev–Trinajstić information content (AvgIpc) is 3.21. The monoisotopic (exact) mass is 381 g/mol. The summed E-state index contributed by atoms with van der Waals surface area (Å²) in [7, 11) is 0. The van der Waals surface area contributed by atoms with E-state index in [1.807, 2.05) is 84.9 Å². The lowest BCUT2D eigenvalue weighted by atomic mass is 10.2. The summed E-state index contributed by atoms with van der Waals surface area (Å²) in [6.07, 6.45) is 0. The van der Waals surface area contributed by atoms with E-state index in [0.717, 1.165) is 22.4 Å². The summed E-state index contributed by atoms with van der Waals surface area (Å²) in [4.78, 5) is 4.30. The molecule has 3 aromatic carbocycles. The van der Waals surface area contributed by atoms with Crippen molar-refractivity contribution >= 4 is 5.88 Å². The summed E-state index contributed by atoms with van der Waals surface area (Å²) < 4.78 is 11.6. The molecule has 1 N–H and O–H groups in total. The topological polar surface area (TPSA) is 71.1 Å². The van der Waals surface area contributed by atoms with Gasteiger partial charge in [0, 0.05) is 12.1 Å². The molecule has 5 nitrogen and oxygen atoms in total. The molecular formula is C24H19N3O2. The molecule has 0 aliphatic rings. The molecule has 0 aliphatic heterocycles. The molecule has 0 fully saturated rings. The van der Waals surface area contributed by atoms with Crippen molar-refractivity contribution in [2.24, 2.45) is 0 Å². The fourth-order valence-corrected chi connectivity index (χ4v) is 2.85. The van der Waals surface area contributed by atoms with Crippen LogP contribution < -0.4 is 10.1 Å². The maximum Gasteiger partial charge on any atom is 0.232 e. The first-order valence-corrected chi connectivity index (χ1v) is 9.28. The molecule has 0 aliphatic carbocycles. The molecule has 0 unspecified atom stereocenters. The lowest BCUT2D eigenvalue weighted by Crippen LogP contribution is -1.99. The molecule has 0 saturated heterocycles. The van der Waals surface area contributed by atoms with E-state index in [0.29, 0.717) is 24.9 Å². The summed E-state index contributed by atoms with van der Waals surface area (Å²) in [6.45, 7) is 1.06. The van der Waals surface area contributed by atoms with Crippen molar-refractivity contribution in [3.63, 3.8) is 0 Å². The Labute approximate surface area is 169 Å². The molecule has 0 amide bonds. The molecule has 0 radical (unpaired) electrons. The van der Waals surface area contributed by atoms with Crippen LogP contribution in [0.15, 0.2) is 89.3 Å². The molecule has 0 bridgehead atoms. The fraction of sp³-hybridized carbons (Fsp3) is 0.0833. The van der Waals surface area contributed by atoms with E-state index in [9.17, 15) is 5.26 Å². The summed E-state index contributed by atoms with van der Waals surface area (Å²) in [6, 6.07) is 29.5. The molecular weight excluding hydrogens is 362 g/mol. The van der Waals surface area contributed by atoms with Crippen molar-refractivity contribution in [1.82, 2.24) is 4.98 Å². The van der Waals surface area contributed by atoms with E-state index < -0.39 is 0 Å². The van der Waals surface area contributed by atoms with Gasteiger partial charge < -0.3 is 14.5 Å². The van der Waals surface area contributed by atoms with Gasteiger partial charge in [0.15, 0.2) is 0 Å². The highest BCUT2D eigenvalue weighted by Gasteiger charge is 2.14. The summed E-state index contributed by atoms with van der Waals surface area (Å²) >= 11 is 0. The number of nitrogens with zero attached hydrogens (tertiary/aromatic N) is 2. The smallest absolute Gasteiger partial charge is 0.232 e. The summed E-state index contributed by atoms with van der Waals surface area (Å²) in [5.74, 6) is 1.52. The SMILES string of the molecule is N#Cc1nc(-c2ccc(OCc3ccccc3)cc2)oc1NCc1ccccc1. The van der Waals surface area contributed by atoms with E-state index in [-0.39, 0.29) is 5.69 Å². The maximum atomic E-state index is 9.37. The largest absolute Gasteiger partial charge is 0.489 e. The Morgan fingerprint density at radius 3 is 2.17 bits per heavy atom. The van der Waals surface area contributed by atoms with Crippen LogP contribution in [0, 0.1) is 11.3 Å². The highest BCUT2D eigenvalue weighted by molar-refractivity contribution is 5.59. The highest BCUT2D eigenvalue weighted by atomic mass is 16.5. The Kier molecular flexibility index (Phi) is 5.54. The van der Waals surface area contributed by atoms with E-state index in [2.05, 4.69) is 16.4 Å². The molecule has 5 heteroatoms. The van der Waals surface area contributed by atoms with Gasteiger partial charge in [-0.15, -0.1) is 0 Å². The van der Waals surface area contributed by atoms with Crippen LogP contribution in [0.2, 0.25) is 0 Å². The number of rotatable bonds is 7. The third kappa shape index (κ3) is 4.63. The molecule has 4 aromatic rings. The van der Waals surface area contributed by atoms with Crippen molar-refractivity contribution in [2.75, 3.05) is 5.32 Å². The molecule has 0 saturated carbocycles. The van der Waals surface area contributed by atoms with Gasteiger partial charge in [-0.05, 0) is 35.4 Å².